The summed E-state index contributed by atoms with van der Waals surface area (Å²) in [5, 5.41) is 0. The maximum absolute atomic E-state index is 10.7. The molecule has 0 heterocycles. The third-order valence-electron chi connectivity index (χ3n) is 2.95. The van der Waals surface area contributed by atoms with Crippen LogP contribution in [0.1, 0.15) is 89.5 Å². The molecule has 0 aromatic carbocycles. The lowest BCUT2D eigenvalue weighted by molar-refractivity contribution is -0.120. The SMILES string of the molecule is C.C.C.C.CC/C=C/CC(CC(C)=O)OC.CCC(CC(C)=O)OC. The highest BCUT2D eigenvalue weighted by Gasteiger charge is 2.07. The van der Waals surface area contributed by atoms with Crippen LogP contribution >= 0.6 is 0 Å². The second kappa shape index (κ2) is 27.8. The summed E-state index contributed by atoms with van der Waals surface area (Å²) in [6, 6.07) is 0. The van der Waals surface area contributed by atoms with Crippen LogP contribution < -0.4 is 0 Å². The van der Waals surface area contributed by atoms with E-state index < -0.39 is 0 Å². The molecule has 0 N–H and O–H groups in total. The summed E-state index contributed by atoms with van der Waals surface area (Å²) >= 11 is 0. The molecule has 0 aliphatic carbocycles. The van der Waals surface area contributed by atoms with Crippen molar-refractivity contribution < 1.29 is 19.1 Å². The minimum Gasteiger partial charge on any atom is -0.381 e. The molecule has 0 saturated carbocycles. The zero-order valence-electron chi connectivity index (χ0n) is 14.5. The number of hydrogen-bond donors (Lipinski definition) is 0. The standard InChI is InChI=1S/C10H18O2.C7H14O2.4CH4/c1-4-5-6-7-10(12-3)8-9(2)11;1-4-7(9-3)5-6(2)8;;;;/h5-6,10H,4,7-8H2,1-3H3;7H,4-5H2,1-3H3;4*1H4/b6-5+;;;;;. The molecule has 0 aliphatic heterocycles. The predicted octanol–water partition coefficient (Wildman–Crippen LogP) is 6.27. The van der Waals surface area contributed by atoms with E-state index in [1.165, 1.54) is 0 Å². The van der Waals surface area contributed by atoms with E-state index in [4.69, 9.17) is 9.47 Å². The van der Waals surface area contributed by atoms with Crippen molar-refractivity contribution in [1.82, 2.24) is 0 Å². The first-order chi connectivity index (χ1) is 9.90. The second-order valence-corrected chi connectivity index (χ2v) is 5.05. The summed E-state index contributed by atoms with van der Waals surface area (Å²) in [5.74, 6) is 0.385. The van der Waals surface area contributed by atoms with Crippen LogP contribution in [0.3, 0.4) is 0 Å². The largest absolute Gasteiger partial charge is 0.381 e. The average molecular weight is 365 g/mol. The molecule has 0 aliphatic rings. The first-order valence-electron chi connectivity index (χ1n) is 7.60. The van der Waals surface area contributed by atoms with Crippen molar-refractivity contribution >= 4 is 11.6 Å². The van der Waals surface area contributed by atoms with Gasteiger partial charge in [0.25, 0.3) is 0 Å². The summed E-state index contributed by atoms with van der Waals surface area (Å²) in [6.07, 6.45) is 8.20. The lowest BCUT2D eigenvalue weighted by Crippen LogP contribution is -2.13. The molecule has 0 bridgehead atoms. The van der Waals surface area contributed by atoms with Crippen molar-refractivity contribution in [3.05, 3.63) is 12.2 Å². The molecule has 0 spiro atoms. The summed E-state index contributed by atoms with van der Waals surface area (Å²) in [7, 11) is 3.28. The number of carbonyl (C=O) groups excluding carboxylic acids is 2. The van der Waals surface area contributed by atoms with E-state index in [9.17, 15) is 9.59 Å². The molecule has 156 valence electrons. The van der Waals surface area contributed by atoms with Crippen LogP contribution in [0.4, 0.5) is 0 Å². The van der Waals surface area contributed by atoms with E-state index >= 15 is 0 Å². The smallest absolute Gasteiger partial charge is 0.132 e. The number of allylic oxidation sites excluding steroid dienone is 1. The molecule has 0 radical (unpaired) electrons. The summed E-state index contributed by atoms with van der Waals surface area (Å²) in [5.41, 5.74) is 0. The Morgan fingerprint density at radius 3 is 1.44 bits per heavy atom. The quantitative estimate of drug-likeness (QED) is 0.428. The molecular formula is C21H48O4. The molecule has 25 heavy (non-hydrogen) atoms. The minimum atomic E-state index is 0. The number of Topliss-reactive ketones (excluding diaryl/α,β-unsaturated/α-hetero) is 2. The van der Waals surface area contributed by atoms with Gasteiger partial charge in [-0.15, -0.1) is 0 Å². The van der Waals surface area contributed by atoms with Gasteiger partial charge in [0, 0.05) is 27.1 Å². The normalized spacial score (nSPS) is 11.3. The predicted molar refractivity (Wildman–Crippen MR) is 113 cm³/mol. The van der Waals surface area contributed by atoms with Gasteiger partial charge >= 0.3 is 0 Å². The van der Waals surface area contributed by atoms with E-state index in [2.05, 4.69) is 19.1 Å². The number of ether oxygens (including phenoxy) is 2. The molecule has 0 saturated heterocycles. The van der Waals surface area contributed by atoms with E-state index in [1.54, 1.807) is 28.1 Å². The molecule has 0 rings (SSSR count). The average Bonchev–Trinajstić information content (AvgIpc) is 2.43. The molecule has 0 amide bonds. The van der Waals surface area contributed by atoms with Crippen molar-refractivity contribution in [3.8, 4) is 0 Å². The monoisotopic (exact) mass is 364 g/mol. The summed E-state index contributed by atoms with van der Waals surface area (Å²) < 4.78 is 10.1. The number of methoxy groups -OCH3 is 2. The Labute approximate surface area is 159 Å². The van der Waals surface area contributed by atoms with Crippen molar-refractivity contribution in [3.63, 3.8) is 0 Å². The number of ketones is 2. The van der Waals surface area contributed by atoms with Crippen LogP contribution in [0, 0.1) is 0 Å². The van der Waals surface area contributed by atoms with Crippen LogP contribution in [0.2, 0.25) is 0 Å². The Kier molecular flexibility index (Phi) is 43.6. The van der Waals surface area contributed by atoms with Gasteiger partial charge in [-0.1, -0.05) is 55.7 Å². The van der Waals surface area contributed by atoms with Gasteiger partial charge in [-0.05, 0) is 33.1 Å². The van der Waals surface area contributed by atoms with E-state index in [-0.39, 0.29) is 53.5 Å². The highest BCUT2D eigenvalue weighted by atomic mass is 16.5. The van der Waals surface area contributed by atoms with Gasteiger partial charge in [0.15, 0.2) is 0 Å². The number of carbonyl (C=O) groups is 2. The molecule has 2 unspecified atom stereocenters. The Morgan fingerprint density at radius 2 is 1.20 bits per heavy atom. The lowest BCUT2D eigenvalue weighted by Gasteiger charge is -2.10. The highest BCUT2D eigenvalue weighted by molar-refractivity contribution is 5.76. The zero-order chi connectivity index (χ0) is 16.7. The molecular weight excluding hydrogens is 316 g/mol. The van der Waals surface area contributed by atoms with Crippen LogP contribution in [0.15, 0.2) is 12.2 Å². The van der Waals surface area contributed by atoms with E-state index in [0.29, 0.717) is 12.8 Å². The third-order valence-corrected chi connectivity index (χ3v) is 2.95. The molecule has 0 aromatic heterocycles. The molecule has 2 atom stereocenters. The minimum absolute atomic E-state index is 0. The third kappa shape index (κ3) is 31.3. The first-order valence-corrected chi connectivity index (χ1v) is 7.60. The Hall–Kier alpha value is -1.00. The fraction of sp³-hybridized carbons (Fsp3) is 0.810. The van der Waals surface area contributed by atoms with Crippen molar-refractivity contribution in [1.29, 1.82) is 0 Å². The molecule has 0 aromatic rings. The van der Waals surface area contributed by atoms with Crippen LogP contribution in [0.25, 0.3) is 0 Å². The van der Waals surface area contributed by atoms with Gasteiger partial charge in [-0.3, -0.25) is 9.59 Å². The maximum Gasteiger partial charge on any atom is 0.132 e. The van der Waals surface area contributed by atoms with Gasteiger partial charge in [-0.25, -0.2) is 0 Å². The Balaban J connectivity index is -0.0000000639. The van der Waals surface area contributed by atoms with E-state index in [0.717, 1.165) is 19.3 Å². The Morgan fingerprint density at radius 1 is 0.800 bits per heavy atom. The van der Waals surface area contributed by atoms with Gasteiger partial charge < -0.3 is 9.47 Å². The topological polar surface area (TPSA) is 52.6 Å². The molecule has 4 nitrogen and oxygen atoms in total. The van der Waals surface area contributed by atoms with Gasteiger partial charge in [-0.2, -0.15) is 0 Å². The number of rotatable bonds is 10. The zero-order valence-corrected chi connectivity index (χ0v) is 14.5. The lowest BCUT2D eigenvalue weighted by atomic mass is 10.1. The summed E-state index contributed by atoms with van der Waals surface area (Å²) in [4.78, 5) is 21.2. The fourth-order valence-corrected chi connectivity index (χ4v) is 1.71. The highest BCUT2D eigenvalue weighted by Crippen LogP contribution is 2.04. The number of hydrogen-bond acceptors (Lipinski definition) is 4. The molecule has 4 heteroatoms. The van der Waals surface area contributed by atoms with Crippen LogP contribution in [0.5, 0.6) is 0 Å². The fourth-order valence-electron chi connectivity index (χ4n) is 1.71. The van der Waals surface area contributed by atoms with Crippen molar-refractivity contribution in [2.24, 2.45) is 0 Å². The maximum atomic E-state index is 10.7. The van der Waals surface area contributed by atoms with Crippen LogP contribution in [-0.4, -0.2) is 38.0 Å². The van der Waals surface area contributed by atoms with Crippen LogP contribution in [-0.2, 0) is 19.1 Å². The van der Waals surface area contributed by atoms with Gasteiger partial charge in [0.1, 0.15) is 11.6 Å². The first kappa shape index (κ1) is 39.2. The van der Waals surface area contributed by atoms with Gasteiger partial charge in [0.05, 0.1) is 12.2 Å². The summed E-state index contributed by atoms with van der Waals surface area (Å²) in [6.45, 7) is 7.28. The van der Waals surface area contributed by atoms with Gasteiger partial charge in [0.2, 0.25) is 0 Å². The van der Waals surface area contributed by atoms with E-state index in [1.807, 2.05) is 6.92 Å². The van der Waals surface area contributed by atoms with Crippen molar-refractivity contribution in [2.45, 2.75) is 102 Å². The Bertz CT molecular complexity index is 294. The van der Waals surface area contributed by atoms with Crippen molar-refractivity contribution in [2.75, 3.05) is 14.2 Å². The molecule has 0 fully saturated rings. The second-order valence-electron chi connectivity index (χ2n) is 5.05.